The summed E-state index contributed by atoms with van der Waals surface area (Å²) in [5, 5.41) is 4.54. The van der Waals surface area contributed by atoms with Crippen molar-refractivity contribution in [1.29, 1.82) is 0 Å². The van der Waals surface area contributed by atoms with Gasteiger partial charge in [-0.2, -0.15) is 0 Å². The molecule has 4 nitrogen and oxygen atoms in total. The van der Waals surface area contributed by atoms with Crippen LogP contribution in [0.2, 0.25) is 0 Å². The molecule has 0 bridgehead atoms. The first kappa shape index (κ1) is 14.3. The third kappa shape index (κ3) is 3.52. The number of hydrogen-bond acceptors (Lipinski definition) is 4. The molecule has 1 aliphatic rings. The second-order valence-electron chi connectivity index (χ2n) is 5.47. The lowest BCUT2D eigenvalue weighted by Gasteiger charge is -2.20. The molecule has 0 spiro atoms. The van der Waals surface area contributed by atoms with Gasteiger partial charge in [-0.05, 0) is 44.0 Å². The Morgan fingerprint density at radius 1 is 1.38 bits per heavy atom. The second kappa shape index (κ2) is 6.87. The van der Waals surface area contributed by atoms with Gasteiger partial charge in [0.2, 0.25) is 0 Å². The number of ether oxygens (including phenoxy) is 2. The fourth-order valence-electron chi connectivity index (χ4n) is 2.78. The molecule has 2 atom stereocenters. The van der Waals surface area contributed by atoms with E-state index < -0.39 is 0 Å². The van der Waals surface area contributed by atoms with Gasteiger partial charge in [-0.3, -0.25) is 4.98 Å². The molecule has 1 aliphatic heterocycles. The van der Waals surface area contributed by atoms with Crippen molar-refractivity contribution >= 4 is 10.9 Å². The van der Waals surface area contributed by atoms with Crippen molar-refractivity contribution in [3.63, 3.8) is 0 Å². The quantitative estimate of drug-likeness (QED) is 0.829. The normalized spacial score (nSPS) is 19.8. The van der Waals surface area contributed by atoms with Gasteiger partial charge in [-0.1, -0.05) is 6.07 Å². The molecule has 1 aromatic carbocycles. The van der Waals surface area contributed by atoms with E-state index >= 15 is 0 Å². The number of fused-ring (bicyclic) bond motifs is 1. The first-order chi connectivity index (χ1) is 10.3. The summed E-state index contributed by atoms with van der Waals surface area (Å²) in [4.78, 5) is 4.34. The van der Waals surface area contributed by atoms with Crippen molar-refractivity contribution in [2.24, 2.45) is 0 Å². The summed E-state index contributed by atoms with van der Waals surface area (Å²) in [7, 11) is 0. The Morgan fingerprint density at radius 3 is 3.19 bits per heavy atom. The van der Waals surface area contributed by atoms with Gasteiger partial charge in [0.05, 0.1) is 11.6 Å². The Kier molecular flexibility index (Phi) is 4.68. The molecule has 2 aromatic rings. The van der Waals surface area contributed by atoms with E-state index in [2.05, 4.69) is 17.2 Å². The molecule has 0 amide bonds. The lowest BCUT2D eigenvalue weighted by atomic mass is 10.1. The second-order valence-corrected chi connectivity index (χ2v) is 5.47. The van der Waals surface area contributed by atoms with Crippen LogP contribution in [-0.4, -0.2) is 36.9 Å². The predicted molar refractivity (Wildman–Crippen MR) is 83.7 cm³/mol. The van der Waals surface area contributed by atoms with E-state index in [1.165, 1.54) is 6.42 Å². The zero-order chi connectivity index (χ0) is 14.5. The fraction of sp³-hybridized carbons (Fsp3) is 0.471. The molecule has 0 radical (unpaired) electrons. The summed E-state index contributed by atoms with van der Waals surface area (Å²) in [6.07, 6.45) is 4.49. The standard InChI is InChI=1S/C17H22N2O2/c1-13(16-8-4-11-20-16)18-10-12-21-17-7-2-6-15-14(17)5-3-9-19-15/h2-3,5-7,9,13,16,18H,4,8,10-12H2,1H3. The van der Waals surface area contributed by atoms with Crippen LogP contribution >= 0.6 is 0 Å². The molecule has 2 heterocycles. The minimum Gasteiger partial charge on any atom is -0.492 e. The summed E-state index contributed by atoms with van der Waals surface area (Å²) in [5.41, 5.74) is 0.968. The van der Waals surface area contributed by atoms with E-state index in [9.17, 15) is 0 Å². The highest BCUT2D eigenvalue weighted by Crippen LogP contribution is 2.23. The van der Waals surface area contributed by atoms with Gasteiger partial charge < -0.3 is 14.8 Å². The molecule has 1 N–H and O–H groups in total. The maximum Gasteiger partial charge on any atom is 0.128 e. The van der Waals surface area contributed by atoms with E-state index in [0.29, 0.717) is 18.8 Å². The van der Waals surface area contributed by atoms with Gasteiger partial charge >= 0.3 is 0 Å². The lowest BCUT2D eigenvalue weighted by molar-refractivity contribution is 0.0825. The molecule has 112 valence electrons. The zero-order valence-electron chi connectivity index (χ0n) is 12.4. The van der Waals surface area contributed by atoms with Gasteiger partial charge in [0.1, 0.15) is 12.4 Å². The average molecular weight is 286 g/mol. The van der Waals surface area contributed by atoms with Crippen LogP contribution in [0.5, 0.6) is 5.75 Å². The Morgan fingerprint density at radius 2 is 2.33 bits per heavy atom. The first-order valence-corrected chi connectivity index (χ1v) is 7.66. The van der Waals surface area contributed by atoms with Crippen molar-refractivity contribution in [1.82, 2.24) is 10.3 Å². The zero-order valence-corrected chi connectivity index (χ0v) is 12.4. The summed E-state index contributed by atoms with van der Waals surface area (Å²) in [5.74, 6) is 0.896. The molecule has 0 saturated carbocycles. The molecular formula is C17H22N2O2. The summed E-state index contributed by atoms with van der Waals surface area (Å²) in [6, 6.07) is 10.3. The van der Waals surface area contributed by atoms with E-state index in [1.807, 2.05) is 30.3 Å². The van der Waals surface area contributed by atoms with Crippen molar-refractivity contribution in [3.8, 4) is 5.75 Å². The Balaban J connectivity index is 1.50. The topological polar surface area (TPSA) is 43.4 Å². The molecule has 1 aromatic heterocycles. The largest absolute Gasteiger partial charge is 0.492 e. The predicted octanol–water partition coefficient (Wildman–Crippen LogP) is 2.77. The molecule has 2 unspecified atom stereocenters. The number of hydrogen-bond donors (Lipinski definition) is 1. The minimum absolute atomic E-state index is 0.353. The monoisotopic (exact) mass is 286 g/mol. The molecule has 21 heavy (non-hydrogen) atoms. The van der Waals surface area contributed by atoms with Crippen LogP contribution in [-0.2, 0) is 4.74 Å². The SMILES string of the molecule is CC(NCCOc1cccc2ncccc12)C1CCCO1. The fourth-order valence-corrected chi connectivity index (χ4v) is 2.78. The van der Waals surface area contributed by atoms with Crippen LogP contribution in [0, 0.1) is 0 Å². The molecule has 3 rings (SSSR count). The molecular weight excluding hydrogens is 264 g/mol. The summed E-state index contributed by atoms with van der Waals surface area (Å²) in [6.45, 7) is 4.54. The summed E-state index contributed by atoms with van der Waals surface area (Å²) < 4.78 is 11.6. The maximum atomic E-state index is 5.89. The number of benzene rings is 1. The highest BCUT2D eigenvalue weighted by molar-refractivity contribution is 5.84. The van der Waals surface area contributed by atoms with Crippen LogP contribution in [0.4, 0.5) is 0 Å². The van der Waals surface area contributed by atoms with E-state index in [4.69, 9.17) is 9.47 Å². The number of pyridine rings is 1. The Bertz CT molecular complexity index is 577. The van der Waals surface area contributed by atoms with Crippen molar-refractivity contribution in [3.05, 3.63) is 36.5 Å². The van der Waals surface area contributed by atoms with E-state index in [-0.39, 0.29) is 0 Å². The Hall–Kier alpha value is -1.65. The number of nitrogens with zero attached hydrogens (tertiary/aromatic N) is 1. The third-order valence-corrected chi connectivity index (χ3v) is 3.95. The van der Waals surface area contributed by atoms with Crippen LogP contribution in [0.1, 0.15) is 19.8 Å². The van der Waals surface area contributed by atoms with Crippen LogP contribution in [0.25, 0.3) is 10.9 Å². The number of aromatic nitrogens is 1. The van der Waals surface area contributed by atoms with Gasteiger partial charge in [-0.25, -0.2) is 0 Å². The van der Waals surface area contributed by atoms with Crippen molar-refractivity contribution in [2.45, 2.75) is 31.9 Å². The van der Waals surface area contributed by atoms with Crippen LogP contribution in [0.15, 0.2) is 36.5 Å². The van der Waals surface area contributed by atoms with Crippen LogP contribution in [0.3, 0.4) is 0 Å². The number of rotatable bonds is 6. The highest BCUT2D eigenvalue weighted by atomic mass is 16.5. The van der Waals surface area contributed by atoms with Gasteiger partial charge in [0.25, 0.3) is 0 Å². The molecule has 1 saturated heterocycles. The lowest BCUT2D eigenvalue weighted by Crippen LogP contribution is -2.39. The molecule has 4 heteroatoms. The van der Waals surface area contributed by atoms with Crippen molar-refractivity contribution < 1.29 is 9.47 Å². The van der Waals surface area contributed by atoms with E-state index in [1.54, 1.807) is 6.20 Å². The Labute approximate surface area is 125 Å². The molecule has 0 aliphatic carbocycles. The minimum atomic E-state index is 0.353. The summed E-state index contributed by atoms with van der Waals surface area (Å²) >= 11 is 0. The van der Waals surface area contributed by atoms with Gasteiger partial charge in [0.15, 0.2) is 0 Å². The smallest absolute Gasteiger partial charge is 0.128 e. The maximum absolute atomic E-state index is 5.89. The van der Waals surface area contributed by atoms with Crippen molar-refractivity contribution in [2.75, 3.05) is 19.8 Å². The average Bonchev–Trinajstić information content (AvgIpc) is 3.06. The van der Waals surface area contributed by atoms with E-state index in [0.717, 1.165) is 36.2 Å². The van der Waals surface area contributed by atoms with Gasteiger partial charge in [0, 0.05) is 30.8 Å². The van der Waals surface area contributed by atoms with Gasteiger partial charge in [-0.15, -0.1) is 0 Å². The van der Waals surface area contributed by atoms with Crippen LogP contribution < -0.4 is 10.1 Å². The molecule has 1 fully saturated rings. The number of nitrogens with one attached hydrogen (secondary N) is 1. The highest BCUT2D eigenvalue weighted by Gasteiger charge is 2.21. The first-order valence-electron chi connectivity index (χ1n) is 7.66. The third-order valence-electron chi connectivity index (χ3n) is 3.95.